The van der Waals surface area contributed by atoms with Gasteiger partial charge in [-0.15, -0.1) is 0 Å². The van der Waals surface area contributed by atoms with Gasteiger partial charge in [-0.1, -0.05) is 24.3 Å². The summed E-state index contributed by atoms with van der Waals surface area (Å²) in [6.45, 7) is 6.22. The molecular weight excluding hydrogens is 280 g/mol. The third-order valence-electron chi connectivity index (χ3n) is 2.59. The zero-order valence-corrected chi connectivity index (χ0v) is 12.5. The Morgan fingerprint density at radius 1 is 1.14 bits per heavy atom. The number of alkyl halides is 2. The Morgan fingerprint density at radius 2 is 1.67 bits per heavy atom. The molecule has 0 heterocycles. The van der Waals surface area contributed by atoms with Crippen molar-refractivity contribution in [3.8, 4) is 0 Å². The van der Waals surface area contributed by atoms with Gasteiger partial charge in [0.1, 0.15) is 5.60 Å². The molecule has 0 aliphatic carbocycles. The summed E-state index contributed by atoms with van der Waals surface area (Å²) in [7, 11) is 0. The van der Waals surface area contributed by atoms with Crippen LogP contribution in [0.4, 0.5) is 13.6 Å². The maximum Gasteiger partial charge on any atom is 0.407 e. The van der Waals surface area contributed by atoms with E-state index in [0.29, 0.717) is 5.56 Å². The lowest BCUT2D eigenvalue weighted by molar-refractivity contribution is -0.141. The van der Waals surface area contributed by atoms with Crippen molar-refractivity contribution < 1.29 is 23.1 Å². The lowest BCUT2D eigenvalue weighted by Crippen LogP contribution is -2.32. The number of hydrogen-bond acceptors (Lipinski definition) is 3. The third-order valence-corrected chi connectivity index (χ3v) is 2.59. The number of alkyl carbamates (subject to hydrolysis) is 1. The highest BCUT2D eigenvalue weighted by molar-refractivity contribution is 5.84. The number of nitrogens with one attached hydrogen (secondary N) is 1. The van der Waals surface area contributed by atoms with Crippen LogP contribution in [0.15, 0.2) is 24.3 Å². The lowest BCUT2D eigenvalue weighted by atomic mass is 10.0. The van der Waals surface area contributed by atoms with Gasteiger partial charge in [0.2, 0.25) is 5.78 Å². The molecule has 0 saturated carbocycles. The van der Waals surface area contributed by atoms with Crippen LogP contribution in [0.5, 0.6) is 0 Å². The summed E-state index contributed by atoms with van der Waals surface area (Å²) in [6.07, 6.45) is -0.583. The van der Waals surface area contributed by atoms with E-state index in [1.54, 1.807) is 20.8 Å². The summed E-state index contributed by atoms with van der Waals surface area (Å²) in [6, 6.07) is 5.22. The van der Waals surface area contributed by atoms with Gasteiger partial charge in [0, 0.05) is 19.0 Å². The number of hydrogen-bond donors (Lipinski definition) is 1. The fraction of sp³-hybridized carbons (Fsp3) is 0.467. The first-order chi connectivity index (χ1) is 9.52. The van der Waals surface area contributed by atoms with Crippen LogP contribution in [-0.4, -0.2) is 17.5 Å². The number of ketones is 1. The van der Waals surface area contributed by atoms with E-state index in [2.05, 4.69) is 5.32 Å². The van der Waals surface area contributed by atoms with Gasteiger partial charge in [-0.3, -0.25) is 4.79 Å². The summed E-state index contributed by atoms with van der Waals surface area (Å²) >= 11 is 0. The summed E-state index contributed by atoms with van der Waals surface area (Å²) in [4.78, 5) is 22.3. The van der Waals surface area contributed by atoms with E-state index >= 15 is 0 Å². The maximum absolute atomic E-state index is 13.5. The third kappa shape index (κ3) is 5.13. The molecule has 0 aliphatic rings. The number of benzene rings is 1. The Hall–Kier alpha value is -1.98. The van der Waals surface area contributed by atoms with Crippen LogP contribution < -0.4 is 5.32 Å². The van der Waals surface area contributed by atoms with Crippen molar-refractivity contribution in [1.82, 2.24) is 5.32 Å². The minimum Gasteiger partial charge on any atom is -0.444 e. The minimum absolute atomic E-state index is 0.154. The predicted octanol–water partition coefficient (Wildman–Crippen LogP) is 3.39. The highest BCUT2D eigenvalue weighted by Gasteiger charge is 2.37. The summed E-state index contributed by atoms with van der Waals surface area (Å²) < 4.78 is 32.0. The van der Waals surface area contributed by atoms with Gasteiger partial charge in [0.05, 0.1) is 0 Å². The molecule has 116 valence electrons. The van der Waals surface area contributed by atoms with E-state index in [-0.39, 0.29) is 12.1 Å². The molecule has 1 N–H and O–H groups in total. The molecule has 4 nitrogen and oxygen atoms in total. The second-order valence-electron chi connectivity index (χ2n) is 5.68. The van der Waals surface area contributed by atoms with E-state index in [4.69, 9.17) is 4.74 Å². The SMILES string of the molecule is CC(=O)C(F)(F)c1ccc(CNC(=O)OC(C)(C)C)cc1. The van der Waals surface area contributed by atoms with Crippen LogP contribution in [0.2, 0.25) is 0 Å². The van der Waals surface area contributed by atoms with Crippen molar-refractivity contribution in [3.05, 3.63) is 35.4 Å². The van der Waals surface area contributed by atoms with Crippen molar-refractivity contribution in [3.63, 3.8) is 0 Å². The van der Waals surface area contributed by atoms with Crippen LogP contribution in [-0.2, 0) is 22.0 Å². The van der Waals surface area contributed by atoms with Crippen molar-refractivity contribution >= 4 is 11.9 Å². The first kappa shape index (κ1) is 17.1. The van der Waals surface area contributed by atoms with Crippen LogP contribution in [0.3, 0.4) is 0 Å². The molecular formula is C15H19F2NO3. The van der Waals surface area contributed by atoms with Crippen LogP contribution in [0.25, 0.3) is 0 Å². The van der Waals surface area contributed by atoms with Crippen molar-refractivity contribution in [1.29, 1.82) is 0 Å². The smallest absolute Gasteiger partial charge is 0.407 e. The van der Waals surface area contributed by atoms with Gasteiger partial charge in [-0.05, 0) is 26.3 Å². The molecule has 0 fully saturated rings. The molecule has 6 heteroatoms. The molecule has 0 spiro atoms. The number of rotatable bonds is 4. The lowest BCUT2D eigenvalue weighted by Gasteiger charge is -2.19. The minimum atomic E-state index is -3.49. The molecule has 0 aliphatic heterocycles. The zero-order chi connectivity index (χ0) is 16.3. The molecule has 1 rings (SSSR count). The number of amides is 1. The molecule has 1 amide bonds. The Morgan fingerprint density at radius 3 is 2.10 bits per heavy atom. The highest BCUT2D eigenvalue weighted by atomic mass is 19.3. The number of carbonyl (C=O) groups is 2. The monoisotopic (exact) mass is 299 g/mol. The molecule has 1 aromatic rings. The topological polar surface area (TPSA) is 55.4 Å². The van der Waals surface area contributed by atoms with Gasteiger partial charge in [-0.2, -0.15) is 8.78 Å². The van der Waals surface area contributed by atoms with Crippen molar-refractivity contribution in [2.45, 2.75) is 45.8 Å². The second-order valence-corrected chi connectivity index (χ2v) is 5.68. The van der Waals surface area contributed by atoms with E-state index in [0.717, 1.165) is 6.92 Å². The predicted molar refractivity (Wildman–Crippen MR) is 74.1 cm³/mol. The molecule has 21 heavy (non-hydrogen) atoms. The van der Waals surface area contributed by atoms with Gasteiger partial charge in [0.15, 0.2) is 0 Å². The largest absolute Gasteiger partial charge is 0.444 e. The first-order valence-corrected chi connectivity index (χ1v) is 6.47. The average molecular weight is 299 g/mol. The first-order valence-electron chi connectivity index (χ1n) is 6.47. The summed E-state index contributed by atoms with van der Waals surface area (Å²) in [5.41, 5.74) is -0.336. The van der Waals surface area contributed by atoms with E-state index in [9.17, 15) is 18.4 Å². The Balaban J connectivity index is 2.64. The number of ether oxygens (including phenoxy) is 1. The van der Waals surface area contributed by atoms with Crippen LogP contribution in [0, 0.1) is 0 Å². The maximum atomic E-state index is 13.5. The number of halogens is 2. The van der Waals surface area contributed by atoms with E-state index in [1.165, 1.54) is 24.3 Å². The Labute approximate surface area is 122 Å². The quantitative estimate of drug-likeness (QED) is 0.927. The van der Waals surface area contributed by atoms with Crippen LogP contribution in [0.1, 0.15) is 38.8 Å². The fourth-order valence-corrected chi connectivity index (χ4v) is 1.52. The normalized spacial score (nSPS) is 11.9. The molecule has 0 saturated heterocycles. The van der Waals surface area contributed by atoms with Crippen LogP contribution >= 0.6 is 0 Å². The Kier molecular flexibility index (Phi) is 5.04. The van der Waals surface area contributed by atoms with Gasteiger partial charge >= 0.3 is 12.0 Å². The molecule has 0 aromatic heterocycles. The van der Waals surface area contributed by atoms with Crippen molar-refractivity contribution in [2.75, 3.05) is 0 Å². The van der Waals surface area contributed by atoms with Gasteiger partial charge < -0.3 is 10.1 Å². The number of carbonyl (C=O) groups excluding carboxylic acids is 2. The number of Topliss-reactive ketones (excluding diaryl/α,β-unsaturated/α-hetero) is 1. The zero-order valence-electron chi connectivity index (χ0n) is 12.5. The average Bonchev–Trinajstić information content (AvgIpc) is 2.34. The summed E-state index contributed by atoms with van der Waals surface area (Å²) in [5.74, 6) is -4.70. The van der Waals surface area contributed by atoms with Crippen molar-refractivity contribution in [2.24, 2.45) is 0 Å². The molecule has 0 bridgehead atoms. The molecule has 0 radical (unpaired) electrons. The standard InChI is InChI=1S/C15H19F2NO3/c1-10(19)15(16,17)12-7-5-11(6-8-12)9-18-13(20)21-14(2,3)4/h5-8H,9H2,1-4H3,(H,18,20). The second kappa shape index (κ2) is 6.20. The summed E-state index contributed by atoms with van der Waals surface area (Å²) in [5, 5.41) is 2.52. The Bertz CT molecular complexity index is 519. The fourth-order valence-electron chi connectivity index (χ4n) is 1.52. The highest BCUT2D eigenvalue weighted by Crippen LogP contribution is 2.28. The molecule has 0 atom stereocenters. The molecule has 1 aromatic carbocycles. The van der Waals surface area contributed by atoms with Gasteiger partial charge in [-0.25, -0.2) is 4.79 Å². The van der Waals surface area contributed by atoms with E-state index in [1.807, 2.05) is 0 Å². The van der Waals surface area contributed by atoms with E-state index < -0.39 is 23.4 Å². The molecule has 0 unspecified atom stereocenters. The van der Waals surface area contributed by atoms with Gasteiger partial charge in [0.25, 0.3) is 0 Å².